The Morgan fingerprint density at radius 2 is 2.03 bits per heavy atom. The van der Waals surface area contributed by atoms with Gasteiger partial charge in [-0.15, -0.1) is 11.3 Å². The lowest BCUT2D eigenvalue weighted by Crippen LogP contribution is -2.37. The van der Waals surface area contributed by atoms with Crippen molar-refractivity contribution in [1.29, 1.82) is 0 Å². The molecule has 15 heteroatoms. The average Bonchev–Trinajstić information content (AvgIpc) is 3.53. The van der Waals surface area contributed by atoms with Gasteiger partial charge in [-0.1, -0.05) is 18.2 Å². The van der Waals surface area contributed by atoms with Gasteiger partial charge in [0.25, 0.3) is 5.56 Å². The number of hydrogen-bond donors (Lipinski definition) is 6. The lowest BCUT2D eigenvalue weighted by Gasteiger charge is -2.14. The Labute approximate surface area is 213 Å². The van der Waals surface area contributed by atoms with Crippen molar-refractivity contribution >= 4 is 55.3 Å². The van der Waals surface area contributed by atoms with E-state index in [4.69, 9.17) is 14.7 Å². The van der Waals surface area contributed by atoms with Crippen molar-refractivity contribution in [3.63, 3.8) is 0 Å². The summed E-state index contributed by atoms with van der Waals surface area (Å²) in [5.41, 5.74) is 7.13. The highest BCUT2D eigenvalue weighted by Crippen LogP contribution is 2.39. The molecule has 1 saturated heterocycles. The average molecular weight is 550 g/mol. The standard InChI is InChI=1S/C22H23N5O8S2/c23-22-25-16-12(21(31)26-22)9-36-20(16)19-18(30)17(29)14(35-19)8-34-37(32,33)27-15(28)6-5-10-7-24-13-4-2-1-3-11(10)13/h1-4,7,9,14,17-19,24,29-30H,5-6,8H2,(H,27,28)(H3,23,25,26,31)/t14-,17-,18-,19-/m1/s1. The molecule has 7 N–H and O–H groups in total. The van der Waals surface area contributed by atoms with Gasteiger partial charge in [0, 0.05) is 28.9 Å². The Hall–Kier alpha value is -3.34. The zero-order valence-electron chi connectivity index (χ0n) is 19.1. The second-order valence-electron chi connectivity index (χ2n) is 8.51. The van der Waals surface area contributed by atoms with Gasteiger partial charge in [-0.05, 0) is 18.1 Å². The summed E-state index contributed by atoms with van der Waals surface area (Å²) >= 11 is 1.08. The molecule has 4 heterocycles. The van der Waals surface area contributed by atoms with Gasteiger partial charge in [-0.3, -0.25) is 18.8 Å². The van der Waals surface area contributed by atoms with Gasteiger partial charge in [0.1, 0.15) is 24.4 Å². The number of thiophene rings is 1. The van der Waals surface area contributed by atoms with Crippen molar-refractivity contribution in [2.24, 2.45) is 0 Å². The van der Waals surface area contributed by atoms with Crippen molar-refractivity contribution in [1.82, 2.24) is 19.7 Å². The number of aliphatic hydroxyl groups is 2. The zero-order valence-corrected chi connectivity index (χ0v) is 20.7. The first-order valence-corrected chi connectivity index (χ1v) is 13.4. The Bertz CT molecular complexity index is 1630. The van der Waals surface area contributed by atoms with E-state index in [2.05, 4.69) is 15.0 Å². The SMILES string of the molecule is Nc1nc2c([C@@H]3O[C@H](COS(=O)(=O)NC(=O)CCc4c[nH]c5ccccc45)[C@@H](O)[C@H]3O)scc2c(=O)[nH]1. The maximum Gasteiger partial charge on any atom is 0.362 e. The quantitative estimate of drug-likeness (QED) is 0.176. The molecular weight excluding hydrogens is 526 g/mol. The number of ether oxygens (including phenoxy) is 1. The highest BCUT2D eigenvalue weighted by atomic mass is 32.2. The van der Waals surface area contributed by atoms with Crippen LogP contribution in [-0.2, 0) is 30.4 Å². The number of aromatic amines is 2. The minimum Gasteiger partial charge on any atom is -0.387 e. The van der Waals surface area contributed by atoms with Gasteiger partial charge in [0.2, 0.25) is 11.9 Å². The summed E-state index contributed by atoms with van der Waals surface area (Å²) in [4.78, 5) is 34.2. The second kappa shape index (κ2) is 9.85. The smallest absolute Gasteiger partial charge is 0.362 e. The molecule has 3 aromatic heterocycles. The number of fused-ring (bicyclic) bond motifs is 2. The molecule has 0 spiro atoms. The summed E-state index contributed by atoms with van der Waals surface area (Å²) in [7, 11) is -4.51. The van der Waals surface area contributed by atoms with Crippen LogP contribution in [0.15, 0.2) is 40.6 Å². The molecule has 1 aliphatic heterocycles. The molecule has 4 aromatic rings. The van der Waals surface area contributed by atoms with Crippen molar-refractivity contribution < 1.29 is 32.3 Å². The summed E-state index contributed by atoms with van der Waals surface area (Å²) in [6.45, 7) is -0.667. The van der Waals surface area contributed by atoms with E-state index in [9.17, 15) is 28.2 Å². The highest BCUT2D eigenvalue weighted by Gasteiger charge is 2.45. The fourth-order valence-corrected chi connectivity index (χ4v) is 6.06. The van der Waals surface area contributed by atoms with E-state index in [0.717, 1.165) is 27.8 Å². The van der Waals surface area contributed by atoms with Gasteiger partial charge in [0.15, 0.2) is 0 Å². The van der Waals surface area contributed by atoms with Gasteiger partial charge >= 0.3 is 10.3 Å². The summed E-state index contributed by atoms with van der Waals surface area (Å²) in [6, 6.07) is 7.54. The van der Waals surface area contributed by atoms with Crippen LogP contribution in [0.4, 0.5) is 5.95 Å². The molecule has 196 valence electrons. The van der Waals surface area contributed by atoms with E-state index in [0.29, 0.717) is 11.3 Å². The van der Waals surface area contributed by atoms with Crippen molar-refractivity contribution in [2.45, 2.75) is 37.3 Å². The second-order valence-corrected chi connectivity index (χ2v) is 10.8. The van der Waals surface area contributed by atoms with Crippen molar-refractivity contribution in [3.05, 3.63) is 56.6 Å². The fourth-order valence-electron chi connectivity index (χ4n) is 4.24. The molecule has 0 radical (unpaired) electrons. The molecule has 0 saturated carbocycles. The van der Waals surface area contributed by atoms with Gasteiger partial charge in [-0.2, -0.15) is 8.42 Å². The van der Waals surface area contributed by atoms with Gasteiger partial charge in [0.05, 0.1) is 22.4 Å². The number of aromatic nitrogens is 3. The first kappa shape index (κ1) is 25.3. The molecule has 4 atom stereocenters. The first-order valence-electron chi connectivity index (χ1n) is 11.2. The maximum absolute atomic E-state index is 12.3. The minimum absolute atomic E-state index is 0.103. The molecular formula is C22H23N5O8S2. The Kier molecular flexibility index (Phi) is 6.74. The molecule has 1 aromatic carbocycles. The summed E-state index contributed by atoms with van der Waals surface area (Å²) in [5, 5.41) is 23.6. The Balaban J connectivity index is 1.19. The van der Waals surface area contributed by atoms with E-state index in [-0.39, 0.29) is 23.3 Å². The van der Waals surface area contributed by atoms with E-state index in [1.807, 2.05) is 29.0 Å². The number of aliphatic hydroxyl groups excluding tert-OH is 2. The number of para-hydroxylation sites is 1. The molecule has 1 fully saturated rings. The van der Waals surface area contributed by atoms with Crippen LogP contribution in [0.5, 0.6) is 0 Å². The number of nitrogens with one attached hydrogen (secondary N) is 3. The topological polar surface area (TPSA) is 210 Å². The third-order valence-corrected chi connectivity index (χ3v) is 8.01. The van der Waals surface area contributed by atoms with Gasteiger partial charge in [-0.25, -0.2) is 9.71 Å². The number of amides is 1. The number of carbonyl (C=O) groups excluding carboxylic acids is 1. The lowest BCUT2D eigenvalue weighted by atomic mass is 10.1. The van der Waals surface area contributed by atoms with Crippen molar-refractivity contribution in [2.75, 3.05) is 12.3 Å². The van der Waals surface area contributed by atoms with E-state index >= 15 is 0 Å². The number of rotatable bonds is 8. The number of aryl methyl sites for hydroxylation is 1. The number of anilines is 1. The summed E-state index contributed by atoms with van der Waals surface area (Å²) in [6.07, 6.45) is -3.34. The van der Waals surface area contributed by atoms with Crippen LogP contribution in [0.3, 0.4) is 0 Å². The number of benzene rings is 1. The highest BCUT2D eigenvalue weighted by molar-refractivity contribution is 7.85. The number of H-pyrrole nitrogens is 2. The van der Waals surface area contributed by atoms with Gasteiger partial charge < -0.3 is 25.7 Å². The summed E-state index contributed by atoms with van der Waals surface area (Å²) < 4.78 is 37.0. The molecule has 0 bridgehead atoms. The number of hydrogen-bond acceptors (Lipinski definition) is 11. The molecule has 1 aliphatic rings. The number of nitrogens with two attached hydrogens (primary N) is 1. The predicted octanol–water partition coefficient (Wildman–Crippen LogP) is 0.220. The van der Waals surface area contributed by atoms with Crippen LogP contribution in [0.1, 0.15) is 23.0 Å². The van der Waals surface area contributed by atoms with Crippen molar-refractivity contribution in [3.8, 4) is 0 Å². The Morgan fingerprint density at radius 3 is 2.84 bits per heavy atom. The normalized spacial score (nSPS) is 22.1. The minimum atomic E-state index is -4.51. The lowest BCUT2D eigenvalue weighted by molar-refractivity contribution is -0.119. The number of nitrogen functional groups attached to an aromatic ring is 1. The van der Waals surface area contributed by atoms with Crippen LogP contribution in [0.25, 0.3) is 21.8 Å². The first-order chi connectivity index (χ1) is 17.6. The largest absolute Gasteiger partial charge is 0.387 e. The fraction of sp³-hybridized carbons (Fsp3) is 0.318. The van der Waals surface area contributed by atoms with Crippen LogP contribution >= 0.6 is 11.3 Å². The summed E-state index contributed by atoms with van der Waals surface area (Å²) in [5.74, 6) is -0.897. The van der Waals surface area contributed by atoms with Crippen LogP contribution in [-0.4, -0.2) is 64.4 Å². The third-order valence-electron chi connectivity index (χ3n) is 6.05. The van der Waals surface area contributed by atoms with E-state index in [1.54, 1.807) is 6.20 Å². The zero-order chi connectivity index (χ0) is 26.3. The van der Waals surface area contributed by atoms with E-state index < -0.39 is 52.8 Å². The number of nitrogens with zero attached hydrogens (tertiary/aromatic N) is 1. The van der Waals surface area contributed by atoms with E-state index in [1.165, 1.54) is 5.38 Å². The van der Waals surface area contributed by atoms with Crippen LogP contribution in [0, 0.1) is 0 Å². The molecule has 5 rings (SSSR count). The third kappa shape index (κ3) is 5.09. The molecule has 13 nitrogen and oxygen atoms in total. The monoisotopic (exact) mass is 549 g/mol. The molecule has 0 unspecified atom stereocenters. The molecule has 1 amide bonds. The maximum atomic E-state index is 12.3. The Morgan fingerprint density at radius 1 is 1.24 bits per heavy atom. The van der Waals surface area contributed by atoms with Crippen LogP contribution in [0.2, 0.25) is 0 Å². The molecule has 0 aliphatic carbocycles. The number of carbonyl (C=O) groups is 1. The van der Waals surface area contributed by atoms with Crippen LogP contribution < -0.4 is 16.0 Å². The molecule has 37 heavy (non-hydrogen) atoms. The predicted molar refractivity (Wildman–Crippen MR) is 134 cm³/mol.